The molecule has 2 aromatic rings. The lowest BCUT2D eigenvalue weighted by Gasteiger charge is -2.11. The molecule has 0 heterocycles. The zero-order valence-electron chi connectivity index (χ0n) is 11.2. The highest BCUT2D eigenvalue weighted by Crippen LogP contribution is 2.22. The second-order valence-electron chi connectivity index (χ2n) is 4.49. The van der Waals surface area contributed by atoms with Crippen LogP contribution in [-0.2, 0) is 4.79 Å². The van der Waals surface area contributed by atoms with E-state index in [1.807, 2.05) is 25.1 Å². The van der Waals surface area contributed by atoms with Crippen molar-refractivity contribution in [2.45, 2.75) is 6.92 Å². The first kappa shape index (κ1) is 15.8. The van der Waals surface area contributed by atoms with Gasteiger partial charge >= 0.3 is 0 Å². The van der Waals surface area contributed by atoms with E-state index in [4.69, 9.17) is 11.6 Å². The number of hydrogen-bond donors (Lipinski definition) is 2. The predicted octanol–water partition coefficient (Wildman–Crippen LogP) is 4.60. The van der Waals surface area contributed by atoms with Crippen LogP contribution in [0.1, 0.15) is 5.56 Å². The summed E-state index contributed by atoms with van der Waals surface area (Å²) in [6.07, 6.45) is 0. The fraction of sp³-hybridized carbons (Fsp3) is 0.133. The first-order chi connectivity index (χ1) is 9.95. The van der Waals surface area contributed by atoms with Crippen molar-refractivity contribution in [2.24, 2.45) is 0 Å². The Morgan fingerprint density at radius 2 is 1.95 bits per heavy atom. The van der Waals surface area contributed by atoms with Gasteiger partial charge in [-0.3, -0.25) is 4.79 Å². The van der Waals surface area contributed by atoms with Gasteiger partial charge in [0.05, 0.1) is 17.3 Å². The van der Waals surface area contributed by atoms with Crippen LogP contribution in [0.15, 0.2) is 40.9 Å². The fourth-order valence-corrected chi connectivity index (χ4v) is 2.48. The van der Waals surface area contributed by atoms with Crippen LogP contribution in [0.25, 0.3) is 0 Å². The lowest BCUT2D eigenvalue weighted by Crippen LogP contribution is -2.22. The van der Waals surface area contributed by atoms with Gasteiger partial charge < -0.3 is 10.6 Å². The van der Waals surface area contributed by atoms with Crippen LogP contribution in [0, 0.1) is 12.7 Å². The maximum Gasteiger partial charge on any atom is 0.243 e. The van der Waals surface area contributed by atoms with Gasteiger partial charge in [-0.25, -0.2) is 4.39 Å². The van der Waals surface area contributed by atoms with Gasteiger partial charge in [0.1, 0.15) is 5.82 Å². The van der Waals surface area contributed by atoms with Crippen LogP contribution in [-0.4, -0.2) is 12.5 Å². The Bertz CT molecular complexity index is 679. The SMILES string of the molecule is Cc1cc(Br)ccc1NC(=O)CNc1ccc(F)cc1Cl. The molecule has 2 N–H and O–H groups in total. The second-order valence-corrected chi connectivity index (χ2v) is 5.81. The van der Waals surface area contributed by atoms with Gasteiger partial charge in [0.25, 0.3) is 0 Å². The molecule has 3 nitrogen and oxygen atoms in total. The fourth-order valence-electron chi connectivity index (χ4n) is 1.77. The van der Waals surface area contributed by atoms with E-state index >= 15 is 0 Å². The molecule has 2 aromatic carbocycles. The number of anilines is 2. The van der Waals surface area contributed by atoms with Gasteiger partial charge in [0.15, 0.2) is 0 Å². The molecule has 0 spiro atoms. The third kappa shape index (κ3) is 4.44. The summed E-state index contributed by atoms with van der Waals surface area (Å²) in [5.74, 6) is -0.624. The molecular formula is C15H13BrClFN2O. The van der Waals surface area contributed by atoms with E-state index in [1.54, 1.807) is 0 Å². The number of nitrogens with one attached hydrogen (secondary N) is 2. The molecule has 0 atom stereocenters. The largest absolute Gasteiger partial charge is 0.375 e. The summed E-state index contributed by atoms with van der Waals surface area (Å²) in [6, 6.07) is 9.57. The molecule has 110 valence electrons. The molecular weight excluding hydrogens is 359 g/mol. The Balaban J connectivity index is 1.96. The highest BCUT2D eigenvalue weighted by molar-refractivity contribution is 9.10. The van der Waals surface area contributed by atoms with Crippen LogP contribution in [0.5, 0.6) is 0 Å². The van der Waals surface area contributed by atoms with Crippen molar-refractivity contribution in [1.29, 1.82) is 0 Å². The van der Waals surface area contributed by atoms with E-state index in [9.17, 15) is 9.18 Å². The van der Waals surface area contributed by atoms with Crippen molar-refractivity contribution in [2.75, 3.05) is 17.2 Å². The molecule has 0 radical (unpaired) electrons. The third-order valence-corrected chi connectivity index (χ3v) is 3.64. The van der Waals surface area contributed by atoms with Crippen molar-refractivity contribution >= 4 is 44.8 Å². The first-order valence-corrected chi connectivity index (χ1v) is 7.38. The molecule has 1 amide bonds. The monoisotopic (exact) mass is 370 g/mol. The van der Waals surface area contributed by atoms with Crippen molar-refractivity contribution in [3.8, 4) is 0 Å². The maximum atomic E-state index is 12.9. The predicted molar refractivity (Wildman–Crippen MR) is 87.4 cm³/mol. The lowest BCUT2D eigenvalue weighted by atomic mass is 10.2. The van der Waals surface area contributed by atoms with E-state index < -0.39 is 5.82 Å². The molecule has 0 aliphatic heterocycles. The summed E-state index contributed by atoms with van der Waals surface area (Å²) in [7, 11) is 0. The standard InChI is InChI=1S/C15H13BrClFN2O/c1-9-6-10(16)2-4-13(9)20-15(21)8-19-14-5-3-11(18)7-12(14)17/h2-7,19H,8H2,1H3,(H,20,21). The quantitative estimate of drug-likeness (QED) is 0.824. The number of amides is 1. The molecule has 0 aliphatic rings. The first-order valence-electron chi connectivity index (χ1n) is 6.20. The van der Waals surface area contributed by atoms with E-state index in [0.717, 1.165) is 15.7 Å². The van der Waals surface area contributed by atoms with Gasteiger partial charge in [-0.1, -0.05) is 27.5 Å². The Hall–Kier alpha value is -1.59. The topological polar surface area (TPSA) is 41.1 Å². The van der Waals surface area contributed by atoms with Crippen molar-refractivity contribution in [3.05, 3.63) is 57.3 Å². The van der Waals surface area contributed by atoms with E-state index in [2.05, 4.69) is 26.6 Å². The van der Waals surface area contributed by atoms with Crippen LogP contribution < -0.4 is 10.6 Å². The Morgan fingerprint density at radius 3 is 2.62 bits per heavy atom. The smallest absolute Gasteiger partial charge is 0.243 e. The van der Waals surface area contributed by atoms with Crippen molar-refractivity contribution < 1.29 is 9.18 Å². The van der Waals surface area contributed by atoms with Gasteiger partial charge in [0, 0.05) is 10.2 Å². The second kappa shape index (κ2) is 6.91. The van der Waals surface area contributed by atoms with Gasteiger partial charge in [-0.15, -0.1) is 0 Å². The Morgan fingerprint density at radius 1 is 1.24 bits per heavy atom. The zero-order valence-corrected chi connectivity index (χ0v) is 13.6. The number of benzene rings is 2. The molecule has 0 saturated carbocycles. The normalized spacial score (nSPS) is 10.3. The minimum Gasteiger partial charge on any atom is -0.375 e. The molecule has 21 heavy (non-hydrogen) atoms. The van der Waals surface area contributed by atoms with Crippen molar-refractivity contribution in [3.63, 3.8) is 0 Å². The van der Waals surface area contributed by atoms with E-state index in [-0.39, 0.29) is 17.5 Å². The van der Waals surface area contributed by atoms with Gasteiger partial charge in [-0.05, 0) is 48.9 Å². The number of hydrogen-bond acceptors (Lipinski definition) is 2. The Kier molecular flexibility index (Phi) is 5.20. The van der Waals surface area contributed by atoms with Gasteiger partial charge in [-0.2, -0.15) is 0 Å². The average Bonchev–Trinajstić information content (AvgIpc) is 2.41. The zero-order chi connectivity index (χ0) is 15.4. The van der Waals surface area contributed by atoms with Crippen molar-refractivity contribution in [1.82, 2.24) is 0 Å². The summed E-state index contributed by atoms with van der Waals surface area (Å²) in [4.78, 5) is 11.9. The molecule has 0 aromatic heterocycles. The average molecular weight is 372 g/mol. The number of aryl methyl sites for hydroxylation is 1. The van der Waals surface area contributed by atoms with Crippen LogP contribution >= 0.6 is 27.5 Å². The molecule has 0 aliphatic carbocycles. The van der Waals surface area contributed by atoms with E-state index in [1.165, 1.54) is 18.2 Å². The minimum atomic E-state index is -0.416. The highest BCUT2D eigenvalue weighted by Gasteiger charge is 2.07. The molecule has 0 bridgehead atoms. The number of halogens is 3. The lowest BCUT2D eigenvalue weighted by molar-refractivity contribution is -0.114. The molecule has 0 unspecified atom stereocenters. The minimum absolute atomic E-state index is 0.0425. The molecule has 0 saturated heterocycles. The number of rotatable bonds is 4. The summed E-state index contributed by atoms with van der Waals surface area (Å²) < 4.78 is 13.9. The summed E-state index contributed by atoms with van der Waals surface area (Å²) in [5, 5.41) is 5.91. The van der Waals surface area contributed by atoms with Gasteiger partial charge in [0.2, 0.25) is 5.91 Å². The summed E-state index contributed by atoms with van der Waals surface area (Å²) in [5.41, 5.74) is 2.22. The van der Waals surface area contributed by atoms with Crippen LogP contribution in [0.2, 0.25) is 5.02 Å². The number of carbonyl (C=O) groups is 1. The van der Waals surface area contributed by atoms with Crippen LogP contribution in [0.3, 0.4) is 0 Å². The number of carbonyl (C=O) groups excluding carboxylic acids is 1. The molecule has 0 fully saturated rings. The third-order valence-electron chi connectivity index (χ3n) is 2.83. The van der Waals surface area contributed by atoms with E-state index in [0.29, 0.717) is 5.69 Å². The summed E-state index contributed by atoms with van der Waals surface area (Å²) >= 11 is 9.24. The summed E-state index contributed by atoms with van der Waals surface area (Å²) in [6.45, 7) is 1.95. The Labute approximate surface area is 135 Å². The molecule has 2 rings (SSSR count). The highest BCUT2D eigenvalue weighted by atomic mass is 79.9. The van der Waals surface area contributed by atoms with Crippen LogP contribution in [0.4, 0.5) is 15.8 Å². The molecule has 6 heteroatoms. The maximum absolute atomic E-state index is 12.9.